The Hall–Kier alpha value is -1.45. The van der Waals surface area contributed by atoms with Crippen LogP contribution in [0.15, 0.2) is 12.0 Å². The van der Waals surface area contributed by atoms with Crippen molar-refractivity contribution in [2.75, 3.05) is 46.0 Å². The highest BCUT2D eigenvalue weighted by molar-refractivity contribution is 8.00. The van der Waals surface area contributed by atoms with Gasteiger partial charge in [0.15, 0.2) is 17.8 Å². The second-order valence-corrected chi connectivity index (χ2v) is 12.9. The number of hydrogen-bond donors (Lipinski definition) is 6. The average molecular weight is 567 g/mol. The Labute approximate surface area is 233 Å². The van der Waals surface area contributed by atoms with Gasteiger partial charge >= 0.3 is 0 Å². The maximum atomic E-state index is 12.9. The summed E-state index contributed by atoms with van der Waals surface area (Å²) in [5.74, 6) is 0.239. The van der Waals surface area contributed by atoms with E-state index in [2.05, 4.69) is 26.2 Å². The zero-order chi connectivity index (χ0) is 26.9. The van der Waals surface area contributed by atoms with Gasteiger partial charge in [0.25, 0.3) is 0 Å². The number of hydrogen-bond acceptors (Lipinski definition) is 12. The number of nitrogens with two attached hydrogens (primary N) is 1. The summed E-state index contributed by atoms with van der Waals surface area (Å²) in [6.07, 6.45) is 5.09. The smallest absolute Gasteiger partial charge is 0.236 e. The summed E-state index contributed by atoms with van der Waals surface area (Å²) in [4.78, 5) is 27.2. The highest BCUT2D eigenvalue weighted by Gasteiger charge is 2.51. The van der Waals surface area contributed by atoms with Gasteiger partial charge < -0.3 is 45.9 Å². The number of piperidine rings is 1. The lowest BCUT2D eigenvalue weighted by molar-refractivity contribution is -0.133. The number of nitrogens with zero attached hydrogens (tertiary/aromatic N) is 1. The lowest BCUT2D eigenvalue weighted by atomic mass is 9.89. The van der Waals surface area contributed by atoms with E-state index in [1.165, 1.54) is 0 Å². The fourth-order valence-electron chi connectivity index (χ4n) is 6.83. The van der Waals surface area contributed by atoms with Crippen molar-refractivity contribution in [3.63, 3.8) is 0 Å². The largest absolute Gasteiger partial charge is 0.472 e. The summed E-state index contributed by atoms with van der Waals surface area (Å²) >= 11 is 1.76. The molecule has 12 nitrogen and oxygen atoms in total. The minimum atomic E-state index is -0.571. The number of aliphatic hydroxyl groups is 1. The molecule has 5 aliphatic heterocycles. The van der Waals surface area contributed by atoms with E-state index in [4.69, 9.17) is 19.9 Å². The van der Waals surface area contributed by atoms with Crippen LogP contribution in [0.2, 0.25) is 0 Å². The number of nitrogens with one attached hydrogen (secondary N) is 4. The molecule has 218 valence electrons. The number of morpholine rings is 1. The van der Waals surface area contributed by atoms with E-state index in [0.29, 0.717) is 51.9 Å². The molecule has 7 N–H and O–H groups in total. The van der Waals surface area contributed by atoms with Crippen molar-refractivity contribution < 1.29 is 28.9 Å². The first-order valence-electron chi connectivity index (χ1n) is 14.4. The van der Waals surface area contributed by atoms with Gasteiger partial charge in [-0.3, -0.25) is 14.9 Å². The Bertz CT molecular complexity index is 937. The van der Waals surface area contributed by atoms with Crippen LogP contribution in [0.25, 0.3) is 0 Å². The van der Waals surface area contributed by atoms with Gasteiger partial charge in [-0.25, -0.2) is 0 Å². The Morgan fingerprint density at radius 2 is 1.95 bits per heavy atom. The van der Waals surface area contributed by atoms with Crippen molar-refractivity contribution in [3.8, 4) is 0 Å². The number of carbonyl (C=O) groups excluding carboxylic acids is 2. The van der Waals surface area contributed by atoms with Crippen LogP contribution < -0.4 is 27.0 Å². The van der Waals surface area contributed by atoms with E-state index >= 15 is 0 Å². The van der Waals surface area contributed by atoms with Crippen molar-refractivity contribution in [2.24, 2.45) is 11.7 Å². The Morgan fingerprint density at radius 3 is 2.74 bits per heavy atom. The van der Waals surface area contributed by atoms with Crippen molar-refractivity contribution in [1.82, 2.24) is 26.2 Å². The molecule has 0 bridgehead atoms. The number of primary amides is 1. The van der Waals surface area contributed by atoms with E-state index in [0.717, 1.165) is 32.1 Å². The number of ether oxygens (including phenoxy) is 3. The quantitative estimate of drug-likeness (QED) is 0.206. The third-order valence-electron chi connectivity index (χ3n) is 8.93. The van der Waals surface area contributed by atoms with Crippen LogP contribution in [-0.2, 0) is 23.8 Å². The van der Waals surface area contributed by atoms with E-state index in [9.17, 15) is 14.7 Å². The number of amides is 1. The molecular weight excluding hydrogens is 524 g/mol. The van der Waals surface area contributed by atoms with Gasteiger partial charge in [-0.1, -0.05) is 12.8 Å². The molecule has 0 radical (unpaired) electrons. The SMILES string of the molecule is NC(=O)C1NCC(N[C@@H]2CCCC[C@@H]2O)CC1NC1CNC(C2COC3C(=O)C=C(N4CCOCC4)OC32)S1. The summed E-state index contributed by atoms with van der Waals surface area (Å²) < 4.78 is 17.8. The van der Waals surface area contributed by atoms with Crippen molar-refractivity contribution in [3.05, 3.63) is 12.0 Å². The van der Waals surface area contributed by atoms with Crippen LogP contribution in [0, 0.1) is 5.92 Å². The molecule has 6 rings (SSSR count). The zero-order valence-corrected chi connectivity index (χ0v) is 23.1. The molecule has 1 saturated carbocycles. The van der Waals surface area contributed by atoms with Crippen molar-refractivity contribution in [2.45, 2.75) is 85.3 Å². The molecule has 1 aliphatic carbocycles. The normalized spacial score (nSPS) is 43.1. The van der Waals surface area contributed by atoms with Crippen LogP contribution >= 0.6 is 11.8 Å². The summed E-state index contributed by atoms with van der Waals surface area (Å²) in [7, 11) is 0. The second kappa shape index (κ2) is 12.2. The van der Waals surface area contributed by atoms with Crippen LogP contribution in [0.5, 0.6) is 0 Å². The Kier molecular flexibility index (Phi) is 8.66. The zero-order valence-electron chi connectivity index (χ0n) is 22.3. The minimum absolute atomic E-state index is 0.0131. The van der Waals surface area contributed by atoms with E-state index in [1.54, 1.807) is 17.8 Å². The molecule has 0 spiro atoms. The van der Waals surface area contributed by atoms with Crippen LogP contribution in [0.4, 0.5) is 0 Å². The Balaban J connectivity index is 1.06. The van der Waals surface area contributed by atoms with Gasteiger partial charge in [-0.15, -0.1) is 11.8 Å². The highest BCUT2D eigenvalue weighted by atomic mass is 32.2. The maximum absolute atomic E-state index is 12.9. The lowest BCUT2D eigenvalue weighted by Crippen LogP contribution is -2.66. The van der Waals surface area contributed by atoms with Gasteiger partial charge in [-0.05, 0) is 19.3 Å². The maximum Gasteiger partial charge on any atom is 0.236 e. The fraction of sp³-hybridized carbons (Fsp3) is 0.846. The number of ketones is 1. The number of aliphatic hydroxyl groups excluding tert-OH is 1. The monoisotopic (exact) mass is 566 g/mol. The number of rotatable bonds is 7. The van der Waals surface area contributed by atoms with E-state index < -0.39 is 12.1 Å². The second-order valence-electron chi connectivity index (χ2n) is 11.6. The van der Waals surface area contributed by atoms with Crippen LogP contribution in [0.1, 0.15) is 32.1 Å². The first kappa shape index (κ1) is 27.7. The third kappa shape index (κ3) is 6.10. The van der Waals surface area contributed by atoms with Crippen LogP contribution in [0.3, 0.4) is 0 Å². The van der Waals surface area contributed by atoms with Gasteiger partial charge in [0.05, 0.1) is 36.7 Å². The van der Waals surface area contributed by atoms with Gasteiger partial charge in [0, 0.05) is 56.3 Å². The summed E-state index contributed by atoms with van der Waals surface area (Å²) in [5, 5.41) is 24.8. The molecule has 39 heavy (non-hydrogen) atoms. The molecule has 0 aromatic carbocycles. The molecule has 8 unspecified atom stereocenters. The van der Waals surface area contributed by atoms with Crippen molar-refractivity contribution >= 4 is 23.5 Å². The highest BCUT2D eigenvalue weighted by Crippen LogP contribution is 2.39. The van der Waals surface area contributed by atoms with E-state index in [-0.39, 0.29) is 58.7 Å². The van der Waals surface area contributed by atoms with Crippen molar-refractivity contribution in [1.29, 1.82) is 0 Å². The lowest BCUT2D eigenvalue weighted by Gasteiger charge is -2.40. The molecule has 13 heteroatoms. The average Bonchev–Trinajstić information content (AvgIpc) is 3.58. The molecule has 6 aliphatic rings. The molecule has 0 aromatic rings. The fourth-order valence-corrected chi connectivity index (χ4v) is 8.26. The summed E-state index contributed by atoms with van der Waals surface area (Å²) in [5.41, 5.74) is 5.76. The van der Waals surface area contributed by atoms with Gasteiger partial charge in [-0.2, -0.15) is 0 Å². The molecule has 5 fully saturated rings. The number of carbonyl (C=O) groups is 2. The molecule has 10 atom stereocenters. The first-order chi connectivity index (χ1) is 19.0. The Morgan fingerprint density at radius 1 is 1.13 bits per heavy atom. The third-order valence-corrected chi connectivity index (χ3v) is 10.4. The minimum Gasteiger partial charge on any atom is -0.472 e. The first-order valence-corrected chi connectivity index (χ1v) is 15.4. The molecule has 1 amide bonds. The molecule has 5 heterocycles. The molecule has 4 saturated heterocycles. The van der Waals surface area contributed by atoms with Crippen LogP contribution in [-0.4, -0.2) is 121 Å². The topological polar surface area (TPSA) is 159 Å². The summed E-state index contributed by atoms with van der Waals surface area (Å²) in [6, 6.07) is -0.364. The van der Waals surface area contributed by atoms with Gasteiger partial charge in [0.1, 0.15) is 12.1 Å². The van der Waals surface area contributed by atoms with E-state index in [1.807, 2.05) is 0 Å². The standard InChI is InChI=1S/C26H42N6O6S/c27-25(35)22-17(9-14(11-28-22)30-16-3-1-2-4-18(16)33)31-20-12-29-26(39-20)15-13-37-24-19(34)10-21(38-23(15)24)32-5-7-36-8-6-32/h10,14-18,20,22-24,26,28-31,33H,1-9,11-13H2,(H2,27,35)/t14?,15?,16-,17?,18+,20?,22?,23?,24?,26?/m1/s1. The number of fused-ring (bicyclic) bond motifs is 1. The predicted octanol–water partition coefficient (Wildman–Crippen LogP) is -1.80. The predicted molar refractivity (Wildman–Crippen MR) is 144 cm³/mol. The molecule has 0 aromatic heterocycles. The summed E-state index contributed by atoms with van der Waals surface area (Å²) in [6.45, 7) is 4.46. The number of thioether (sulfide) groups is 1. The van der Waals surface area contributed by atoms with Gasteiger partial charge in [0.2, 0.25) is 5.91 Å². The molecular formula is C26H42N6O6S.